The first-order valence-electron chi connectivity index (χ1n) is 7.12. The maximum absolute atomic E-state index is 11.7. The number of amides is 1. The molecule has 0 bridgehead atoms. The Bertz CT molecular complexity index is 248. The van der Waals surface area contributed by atoms with E-state index in [1.54, 1.807) is 0 Å². The van der Waals surface area contributed by atoms with Crippen molar-refractivity contribution in [1.29, 1.82) is 0 Å². The lowest BCUT2D eigenvalue weighted by atomic mass is 9.84. The molecule has 1 aliphatic heterocycles. The van der Waals surface area contributed by atoms with E-state index in [0.717, 1.165) is 45.3 Å². The predicted molar refractivity (Wildman–Crippen MR) is 73.3 cm³/mol. The molecule has 3 N–H and O–H groups in total. The van der Waals surface area contributed by atoms with Crippen LogP contribution in [-0.4, -0.2) is 31.7 Å². The van der Waals surface area contributed by atoms with Crippen LogP contribution in [0, 0.1) is 5.41 Å². The van der Waals surface area contributed by atoms with Crippen LogP contribution in [0.2, 0.25) is 0 Å². The van der Waals surface area contributed by atoms with E-state index in [4.69, 9.17) is 10.5 Å². The van der Waals surface area contributed by atoms with Gasteiger partial charge in [-0.3, -0.25) is 4.79 Å². The molecule has 4 nitrogen and oxygen atoms in total. The van der Waals surface area contributed by atoms with Crippen molar-refractivity contribution in [3.05, 3.63) is 0 Å². The summed E-state index contributed by atoms with van der Waals surface area (Å²) in [6.45, 7) is 6.64. The van der Waals surface area contributed by atoms with Crippen molar-refractivity contribution in [3.8, 4) is 0 Å². The average molecular weight is 256 g/mol. The van der Waals surface area contributed by atoms with Gasteiger partial charge in [0.15, 0.2) is 0 Å². The smallest absolute Gasteiger partial charge is 0.220 e. The molecule has 1 atom stereocenters. The van der Waals surface area contributed by atoms with Gasteiger partial charge < -0.3 is 15.8 Å². The van der Waals surface area contributed by atoms with E-state index in [0.29, 0.717) is 19.1 Å². The van der Waals surface area contributed by atoms with Crippen molar-refractivity contribution in [3.63, 3.8) is 0 Å². The Hall–Kier alpha value is -0.610. The molecule has 1 unspecified atom stereocenters. The minimum Gasteiger partial charge on any atom is -0.378 e. The first-order chi connectivity index (χ1) is 8.53. The molecular formula is C14H28N2O2. The molecule has 106 valence electrons. The van der Waals surface area contributed by atoms with E-state index in [-0.39, 0.29) is 11.3 Å². The molecule has 0 aromatic carbocycles. The molecule has 1 fully saturated rings. The van der Waals surface area contributed by atoms with Crippen LogP contribution in [-0.2, 0) is 9.53 Å². The zero-order valence-corrected chi connectivity index (χ0v) is 11.8. The van der Waals surface area contributed by atoms with Crippen LogP contribution in [0.4, 0.5) is 0 Å². The fourth-order valence-corrected chi connectivity index (χ4v) is 2.30. The van der Waals surface area contributed by atoms with Gasteiger partial charge in [0.1, 0.15) is 0 Å². The monoisotopic (exact) mass is 256 g/mol. The first-order valence-corrected chi connectivity index (χ1v) is 7.12. The number of ether oxygens (including phenoxy) is 1. The van der Waals surface area contributed by atoms with E-state index < -0.39 is 0 Å². The van der Waals surface area contributed by atoms with Crippen LogP contribution in [0.5, 0.6) is 0 Å². The number of nitrogens with one attached hydrogen (secondary N) is 1. The van der Waals surface area contributed by atoms with E-state index in [1.165, 1.54) is 0 Å². The second kappa shape index (κ2) is 7.74. The number of hydrogen-bond acceptors (Lipinski definition) is 3. The highest BCUT2D eigenvalue weighted by Gasteiger charge is 2.19. The zero-order valence-electron chi connectivity index (χ0n) is 11.8. The Balaban J connectivity index is 2.06. The molecule has 0 aromatic heterocycles. The molecule has 18 heavy (non-hydrogen) atoms. The summed E-state index contributed by atoms with van der Waals surface area (Å²) in [5.74, 6) is 0.151. The Kier molecular flexibility index (Phi) is 6.65. The minimum atomic E-state index is 0.151. The summed E-state index contributed by atoms with van der Waals surface area (Å²) in [5, 5.41) is 2.97. The Morgan fingerprint density at radius 2 is 2.22 bits per heavy atom. The Morgan fingerprint density at radius 1 is 1.44 bits per heavy atom. The number of nitrogens with two attached hydrogens (primary N) is 1. The summed E-state index contributed by atoms with van der Waals surface area (Å²) in [6.07, 6.45) is 6.06. The summed E-state index contributed by atoms with van der Waals surface area (Å²) in [6, 6.07) is 0. The van der Waals surface area contributed by atoms with Crippen molar-refractivity contribution >= 4 is 5.91 Å². The summed E-state index contributed by atoms with van der Waals surface area (Å²) in [5.41, 5.74) is 5.72. The van der Waals surface area contributed by atoms with Gasteiger partial charge in [-0.25, -0.2) is 0 Å². The van der Waals surface area contributed by atoms with E-state index in [1.807, 2.05) is 0 Å². The molecule has 1 aliphatic rings. The molecule has 1 amide bonds. The molecule has 4 heteroatoms. The molecule has 0 radical (unpaired) electrons. The highest BCUT2D eigenvalue weighted by Crippen LogP contribution is 2.25. The predicted octanol–water partition coefficient (Wildman–Crippen LogP) is 1.83. The van der Waals surface area contributed by atoms with Gasteiger partial charge >= 0.3 is 0 Å². The Labute approximate surface area is 111 Å². The van der Waals surface area contributed by atoms with Crippen molar-refractivity contribution in [1.82, 2.24) is 5.32 Å². The third-order valence-corrected chi connectivity index (χ3v) is 3.66. The van der Waals surface area contributed by atoms with Gasteiger partial charge in [-0.05, 0) is 44.1 Å². The minimum absolute atomic E-state index is 0.151. The number of rotatable bonds is 8. The first kappa shape index (κ1) is 15.4. The molecule has 1 saturated heterocycles. The van der Waals surface area contributed by atoms with Crippen LogP contribution in [0.15, 0.2) is 0 Å². The van der Waals surface area contributed by atoms with E-state index >= 15 is 0 Å². The fourth-order valence-electron chi connectivity index (χ4n) is 2.30. The second-order valence-corrected chi connectivity index (χ2v) is 5.98. The number of hydrogen-bond donors (Lipinski definition) is 2. The maximum atomic E-state index is 11.7. The van der Waals surface area contributed by atoms with E-state index in [9.17, 15) is 4.79 Å². The molecular weight excluding hydrogens is 228 g/mol. The number of carbonyl (C=O) groups excluding carboxylic acids is 1. The van der Waals surface area contributed by atoms with E-state index in [2.05, 4.69) is 19.2 Å². The molecule has 0 saturated carbocycles. The summed E-state index contributed by atoms with van der Waals surface area (Å²) >= 11 is 0. The van der Waals surface area contributed by atoms with Crippen molar-refractivity contribution in [2.75, 3.05) is 19.7 Å². The van der Waals surface area contributed by atoms with Gasteiger partial charge in [0.2, 0.25) is 5.91 Å². The topological polar surface area (TPSA) is 64.4 Å². The standard InChI is InChI=1S/C14H28N2O2/c1-14(2,8-9-15)7-5-13(17)16-10-6-12-4-3-11-18-12/h12H,3-11,15H2,1-2H3,(H,16,17). The third kappa shape index (κ3) is 6.36. The van der Waals surface area contributed by atoms with Gasteiger partial charge in [0.25, 0.3) is 0 Å². The molecule has 0 aromatic rings. The summed E-state index contributed by atoms with van der Waals surface area (Å²) < 4.78 is 5.52. The Morgan fingerprint density at radius 3 is 2.83 bits per heavy atom. The lowest BCUT2D eigenvalue weighted by molar-refractivity contribution is -0.121. The molecule has 0 spiro atoms. The van der Waals surface area contributed by atoms with Crippen LogP contribution in [0.25, 0.3) is 0 Å². The maximum Gasteiger partial charge on any atom is 0.220 e. The van der Waals surface area contributed by atoms with Crippen molar-refractivity contribution in [2.45, 2.75) is 58.5 Å². The van der Waals surface area contributed by atoms with Crippen LogP contribution in [0.1, 0.15) is 52.4 Å². The van der Waals surface area contributed by atoms with Crippen molar-refractivity contribution < 1.29 is 9.53 Å². The van der Waals surface area contributed by atoms with Gasteiger partial charge in [0, 0.05) is 19.6 Å². The average Bonchev–Trinajstić information content (AvgIpc) is 2.79. The fraction of sp³-hybridized carbons (Fsp3) is 0.929. The normalized spacial score (nSPS) is 20.1. The second-order valence-electron chi connectivity index (χ2n) is 5.98. The van der Waals surface area contributed by atoms with Crippen molar-refractivity contribution in [2.24, 2.45) is 11.1 Å². The largest absolute Gasteiger partial charge is 0.378 e. The third-order valence-electron chi connectivity index (χ3n) is 3.66. The molecule has 1 rings (SSSR count). The van der Waals surface area contributed by atoms with Gasteiger partial charge in [-0.1, -0.05) is 13.8 Å². The SMILES string of the molecule is CC(C)(CCN)CCC(=O)NCCC1CCCO1. The highest BCUT2D eigenvalue weighted by molar-refractivity contribution is 5.75. The van der Waals surface area contributed by atoms with Gasteiger partial charge in [-0.2, -0.15) is 0 Å². The quantitative estimate of drug-likeness (QED) is 0.696. The lowest BCUT2D eigenvalue weighted by Crippen LogP contribution is -2.28. The van der Waals surface area contributed by atoms with Crippen LogP contribution >= 0.6 is 0 Å². The van der Waals surface area contributed by atoms with Crippen LogP contribution in [0.3, 0.4) is 0 Å². The number of carbonyl (C=O) groups is 1. The van der Waals surface area contributed by atoms with Gasteiger partial charge in [-0.15, -0.1) is 0 Å². The molecule has 0 aliphatic carbocycles. The van der Waals surface area contributed by atoms with Gasteiger partial charge in [0.05, 0.1) is 6.10 Å². The highest BCUT2D eigenvalue weighted by atomic mass is 16.5. The zero-order chi connectivity index (χ0) is 13.4. The lowest BCUT2D eigenvalue weighted by Gasteiger charge is -2.23. The molecule has 1 heterocycles. The summed E-state index contributed by atoms with van der Waals surface area (Å²) in [7, 11) is 0. The summed E-state index contributed by atoms with van der Waals surface area (Å²) in [4.78, 5) is 11.7. The van der Waals surface area contributed by atoms with Crippen LogP contribution < -0.4 is 11.1 Å².